The van der Waals surface area contributed by atoms with Crippen LogP contribution in [0.1, 0.15) is 50.1 Å². The van der Waals surface area contributed by atoms with Crippen LogP contribution in [0.5, 0.6) is 0 Å². The number of alkyl halides is 2. The summed E-state index contributed by atoms with van der Waals surface area (Å²) in [5.74, 6) is -1.45. The van der Waals surface area contributed by atoms with Gasteiger partial charge < -0.3 is 9.88 Å². The van der Waals surface area contributed by atoms with Crippen molar-refractivity contribution in [2.24, 2.45) is 5.92 Å². The van der Waals surface area contributed by atoms with Crippen LogP contribution < -0.4 is 0 Å². The van der Waals surface area contributed by atoms with Gasteiger partial charge in [0.2, 0.25) is 0 Å². The molecular formula is C19H24F2N6. The third-order valence-corrected chi connectivity index (χ3v) is 6.33. The molecule has 6 nitrogen and oxygen atoms in total. The molecule has 2 fully saturated rings. The second-order valence-corrected chi connectivity index (χ2v) is 8.13. The van der Waals surface area contributed by atoms with Crippen LogP contribution in [0.4, 0.5) is 8.78 Å². The number of piperidine rings is 1. The molecule has 1 saturated heterocycles. The maximum atomic E-state index is 13.3. The quantitative estimate of drug-likeness (QED) is 0.761. The highest BCUT2D eigenvalue weighted by molar-refractivity contribution is 5.92. The number of hydrogen-bond acceptors (Lipinski definition) is 4. The largest absolute Gasteiger partial charge is 0.346 e. The number of H-pyrrole nitrogens is 1. The molecule has 1 N–H and O–H groups in total. The van der Waals surface area contributed by atoms with Crippen molar-refractivity contribution in [3.8, 4) is 0 Å². The Bertz CT molecular complexity index is 930. The van der Waals surface area contributed by atoms with Crippen molar-refractivity contribution < 1.29 is 8.78 Å². The van der Waals surface area contributed by atoms with Crippen LogP contribution in [-0.2, 0) is 0 Å². The van der Waals surface area contributed by atoms with Gasteiger partial charge in [-0.25, -0.2) is 18.3 Å². The van der Waals surface area contributed by atoms with Crippen LogP contribution in [0.3, 0.4) is 0 Å². The van der Waals surface area contributed by atoms with E-state index in [1.807, 2.05) is 12.3 Å². The van der Waals surface area contributed by atoms with Crippen molar-refractivity contribution in [3.05, 3.63) is 24.3 Å². The fourth-order valence-corrected chi connectivity index (χ4v) is 4.74. The monoisotopic (exact) mass is 374 g/mol. The number of aromatic nitrogens is 5. The number of nitrogens with zero attached hydrogens (tertiary/aromatic N) is 5. The molecule has 2 aliphatic rings. The molecule has 4 heterocycles. The van der Waals surface area contributed by atoms with Crippen molar-refractivity contribution >= 4 is 16.6 Å². The first-order valence-electron chi connectivity index (χ1n) is 9.86. The van der Waals surface area contributed by atoms with Gasteiger partial charge >= 0.3 is 0 Å². The Hall–Kier alpha value is -2.09. The number of halogens is 2. The number of aromatic amines is 1. The highest BCUT2D eigenvalue weighted by Crippen LogP contribution is 2.38. The van der Waals surface area contributed by atoms with Crippen molar-refractivity contribution in [1.29, 1.82) is 0 Å². The lowest BCUT2D eigenvalue weighted by atomic mass is 9.79. The van der Waals surface area contributed by atoms with Crippen molar-refractivity contribution in [3.63, 3.8) is 0 Å². The molecule has 3 aromatic heterocycles. The molecule has 1 aliphatic carbocycles. The van der Waals surface area contributed by atoms with Crippen molar-refractivity contribution in [1.82, 2.24) is 29.7 Å². The third-order valence-electron chi connectivity index (χ3n) is 6.33. The minimum Gasteiger partial charge on any atom is -0.346 e. The van der Waals surface area contributed by atoms with Gasteiger partial charge in [0.05, 0.1) is 5.69 Å². The molecule has 0 unspecified atom stereocenters. The number of likely N-dealkylation sites (tertiary alicyclic amines) is 1. The molecule has 0 atom stereocenters. The molecule has 0 spiro atoms. The Kier molecular flexibility index (Phi) is 4.11. The number of hydrogen-bond donors (Lipinski definition) is 1. The Morgan fingerprint density at radius 1 is 1.15 bits per heavy atom. The van der Waals surface area contributed by atoms with Gasteiger partial charge in [0.15, 0.2) is 0 Å². The smallest absolute Gasteiger partial charge is 0.250 e. The molecule has 27 heavy (non-hydrogen) atoms. The lowest BCUT2D eigenvalue weighted by Gasteiger charge is -2.36. The summed E-state index contributed by atoms with van der Waals surface area (Å²) in [5.41, 5.74) is 2.99. The van der Waals surface area contributed by atoms with E-state index in [0.29, 0.717) is 24.9 Å². The van der Waals surface area contributed by atoms with Crippen LogP contribution in [0.2, 0.25) is 0 Å². The Balaban J connectivity index is 1.26. The molecule has 1 aliphatic heterocycles. The van der Waals surface area contributed by atoms with Crippen LogP contribution >= 0.6 is 0 Å². The molecule has 0 radical (unpaired) electrons. The molecule has 1 saturated carbocycles. The second kappa shape index (κ2) is 6.51. The maximum Gasteiger partial charge on any atom is 0.250 e. The summed E-state index contributed by atoms with van der Waals surface area (Å²) in [6, 6.07) is 2.03. The summed E-state index contributed by atoms with van der Waals surface area (Å²) in [4.78, 5) is 9.74. The lowest BCUT2D eigenvalue weighted by Crippen LogP contribution is -2.42. The first-order valence-corrected chi connectivity index (χ1v) is 9.86. The number of fused-ring (bicyclic) bond motifs is 3. The van der Waals surface area contributed by atoms with Gasteiger partial charge in [-0.2, -0.15) is 0 Å². The summed E-state index contributed by atoms with van der Waals surface area (Å²) >= 11 is 0. The normalized spacial score (nSPS) is 26.7. The molecule has 8 heteroatoms. The van der Waals surface area contributed by atoms with Gasteiger partial charge in [-0.15, -0.1) is 5.10 Å². The second-order valence-electron chi connectivity index (χ2n) is 8.13. The zero-order valence-corrected chi connectivity index (χ0v) is 15.2. The zero-order valence-electron chi connectivity index (χ0n) is 15.2. The summed E-state index contributed by atoms with van der Waals surface area (Å²) < 4.78 is 28.4. The number of rotatable bonds is 3. The highest BCUT2D eigenvalue weighted by atomic mass is 19.3. The summed E-state index contributed by atoms with van der Waals surface area (Å²) in [7, 11) is 0. The van der Waals surface area contributed by atoms with Gasteiger partial charge in [-0.3, -0.25) is 0 Å². The SMILES string of the molecule is FC1(F)CCN(CC2CCC(c3nnn4cnc5[nH]ccc5c34)CC2)CC1. The predicted octanol–water partition coefficient (Wildman–Crippen LogP) is 3.61. The molecule has 144 valence electrons. The number of nitrogens with one attached hydrogen (secondary N) is 1. The van der Waals surface area contributed by atoms with E-state index in [9.17, 15) is 8.78 Å². The van der Waals surface area contributed by atoms with Crippen LogP contribution in [0.15, 0.2) is 18.6 Å². The highest BCUT2D eigenvalue weighted by Gasteiger charge is 2.35. The minimum absolute atomic E-state index is 0.00929. The van der Waals surface area contributed by atoms with Gasteiger partial charge in [-0.05, 0) is 37.7 Å². The minimum atomic E-state index is -2.46. The summed E-state index contributed by atoms with van der Waals surface area (Å²) in [6.45, 7) is 2.01. The van der Waals surface area contributed by atoms with Gasteiger partial charge in [0, 0.05) is 50.0 Å². The third kappa shape index (κ3) is 3.20. The summed E-state index contributed by atoms with van der Waals surface area (Å²) in [6.07, 6.45) is 8.03. The zero-order chi connectivity index (χ0) is 18.4. The van der Waals surface area contributed by atoms with Crippen molar-refractivity contribution in [2.45, 2.75) is 50.4 Å². The summed E-state index contributed by atoms with van der Waals surface area (Å²) in [5, 5.41) is 9.80. The Morgan fingerprint density at radius 3 is 2.70 bits per heavy atom. The maximum absolute atomic E-state index is 13.3. The molecule has 3 aromatic rings. The first-order chi connectivity index (χ1) is 13.1. The van der Waals surface area contributed by atoms with E-state index in [-0.39, 0.29) is 12.8 Å². The van der Waals surface area contributed by atoms with E-state index in [2.05, 4.69) is 25.2 Å². The topological polar surface area (TPSA) is 62.1 Å². The standard InChI is InChI=1S/C19H24F2N6/c20-19(21)6-9-26(10-7-19)11-13-1-3-14(4-2-13)16-17-15-5-8-22-18(15)23-12-27(17)25-24-16/h5,8,12-14,22H,1-4,6-7,9-11H2. The van der Waals surface area contributed by atoms with Crippen LogP contribution in [-0.4, -0.2) is 55.3 Å². The van der Waals surface area contributed by atoms with Gasteiger partial charge in [0.1, 0.15) is 17.5 Å². The van der Waals surface area contributed by atoms with Crippen molar-refractivity contribution in [2.75, 3.05) is 19.6 Å². The predicted molar refractivity (Wildman–Crippen MR) is 98.0 cm³/mol. The van der Waals surface area contributed by atoms with E-state index in [0.717, 1.165) is 54.5 Å². The first kappa shape index (κ1) is 17.0. The van der Waals surface area contributed by atoms with Gasteiger partial charge in [-0.1, -0.05) is 5.21 Å². The average Bonchev–Trinajstić information content (AvgIpc) is 3.30. The van der Waals surface area contributed by atoms with Gasteiger partial charge in [0.25, 0.3) is 5.92 Å². The average molecular weight is 374 g/mol. The molecule has 0 bridgehead atoms. The lowest BCUT2D eigenvalue weighted by molar-refractivity contribution is -0.0581. The molecule has 0 aromatic carbocycles. The van der Waals surface area contributed by atoms with Crippen LogP contribution in [0, 0.1) is 5.92 Å². The van der Waals surface area contributed by atoms with E-state index in [1.54, 1.807) is 10.8 Å². The van der Waals surface area contributed by atoms with E-state index in [4.69, 9.17) is 0 Å². The fourth-order valence-electron chi connectivity index (χ4n) is 4.74. The molecule has 5 rings (SSSR count). The Morgan fingerprint density at radius 2 is 1.93 bits per heavy atom. The van der Waals surface area contributed by atoms with E-state index < -0.39 is 5.92 Å². The molecular weight excluding hydrogens is 350 g/mol. The van der Waals surface area contributed by atoms with Crippen LogP contribution in [0.25, 0.3) is 16.6 Å². The fraction of sp³-hybridized carbons (Fsp3) is 0.632. The Labute approximate surface area is 155 Å². The molecule has 0 amide bonds. The van der Waals surface area contributed by atoms with E-state index in [1.165, 1.54) is 0 Å². The van der Waals surface area contributed by atoms with E-state index >= 15 is 0 Å².